The molecule has 0 unspecified atom stereocenters. The fourth-order valence-electron chi connectivity index (χ4n) is 1.85. The molecule has 21 heavy (non-hydrogen) atoms. The first-order valence-electron chi connectivity index (χ1n) is 6.15. The number of hydrogen-bond acceptors (Lipinski definition) is 4. The number of urea groups is 1. The summed E-state index contributed by atoms with van der Waals surface area (Å²) in [6.45, 7) is 1.77. The maximum absolute atomic E-state index is 13.0. The highest BCUT2D eigenvalue weighted by Crippen LogP contribution is 2.11. The van der Waals surface area contributed by atoms with Gasteiger partial charge in [-0.3, -0.25) is 9.69 Å². The Hall–Kier alpha value is -2.51. The summed E-state index contributed by atoms with van der Waals surface area (Å²) in [6, 6.07) is 1.63. The van der Waals surface area contributed by atoms with Crippen molar-refractivity contribution in [3.63, 3.8) is 0 Å². The van der Waals surface area contributed by atoms with Crippen LogP contribution >= 0.6 is 0 Å². The average Bonchev–Trinajstić information content (AvgIpc) is 2.82. The van der Waals surface area contributed by atoms with Crippen molar-refractivity contribution in [2.45, 2.75) is 13.0 Å². The molecule has 0 aliphatic carbocycles. The SMILES string of the molecule is C[C@@H](OC(=O)c1cc(F)cc(F)c1)C(=O)N1CCNC1=O. The average molecular weight is 298 g/mol. The Morgan fingerprint density at radius 2 is 1.90 bits per heavy atom. The molecule has 1 aromatic rings. The van der Waals surface area contributed by atoms with Gasteiger partial charge in [-0.15, -0.1) is 0 Å². The van der Waals surface area contributed by atoms with E-state index in [4.69, 9.17) is 4.74 Å². The van der Waals surface area contributed by atoms with Gasteiger partial charge in [-0.25, -0.2) is 18.4 Å². The number of nitrogens with zero attached hydrogens (tertiary/aromatic N) is 1. The quantitative estimate of drug-likeness (QED) is 0.847. The molecule has 1 aromatic carbocycles. The second-order valence-electron chi connectivity index (χ2n) is 4.43. The van der Waals surface area contributed by atoms with E-state index in [-0.39, 0.29) is 12.1 Å². The van der Waals surface area contributed by atoms with Crippen LogP contribution in [0.5, 0.6) is 0 Å². The molecule has 1 N–H and O–H groups in total. The van der Waals surface area contributed by atoms with Gasteiger partial charge in [-0.2, -0.15) is 0 Å². The summed E-state index contributed by atoms with van der Waals surface area (Å²) >= 11 is 0. The Labute approximate surface area is 118 Å². The number of hydrogen-bond donors (Lipinski definition) is 1. The van der Waals surface area contributed by atoms with Gasteiger partial charge < -0.3 is 10.1 Å². The standard InChI is InChI=1S/C13H12F2N2O4/c1-7(11(18)17-3-2-16-13(17)20)21-12(19)8-4-9(14)6-10(15)5-8/h4-7H,2-3H2,1H3,(H,16,20)/t7-/m1/s1. The summed E-state index contributed by atoms with van der Waals surface area (Å²) in [5.41, 5.74) is -0.349. The Kier molecular flexibility index (Phi) is 4.15. The lowest BCUT2D eigenvalue weighted by Crippen LogP contribution is -2.41. The second kappa shape index (κ2) is 5.86. The van der Waals surface area contributed by atoms with Gasteiger partial charge >= 0.3 is 12.0 Å². The summed E-state index contributed by atoms with van der Waals surface area (Å²) in [5, 5.41) is 2.43. The van der Waals surface area contributed by atoms with Crippen LogP contribution in [0.15, 0.2) is 18.2 Å². The zero-order chi connectivity index (χ0) is 15.6. The van der Waals surface area contributed by atoms with Crippen molar-refractivity contribution >= 4 is 17.9 Å². The number of rotatable bonds is 3. The summed E-state index contributed by atoms with van der Waals surface area (Å²) in [4.78, 5) is 35.9. The van der Waals surface area contributed by atoms with E-state index in [1.54, 1.807) is 0 Å². The first kappa shape index (κ1) is 14.9. The summed E-state index contributed by atoms with van der Waals surface area (Å²) in [7, 11) is 0. The Bertz CT molecular complexity index is 586. The van der Waals surface area contributed by atoms with Gasteiger partial charge in [0.05, 0.1) is 5.56 Å². The van der Waals surface area contributed by atoms with Gasteiger partial charge in [0.15, 0.2) is 6.10 Å². The van der Waals surface area contributed by atoms with Gasteiger partial charge in [0.2, 0.25) is 0 Å². The normalized spacial score (nSPS) is 15.6. The van der Waals surface area contributed by atoms with E-state index in [1.165, 1.54) is 6.92 Å². The van der Waals surface area contributed by atoms with Crippen molar-refractivity contribution < 1.29 is 27.9 Å². The van der Waals surface area contributed by atoms with Crippen molar-refractivity contribution in [3.05, 3.63) is 35.4 Å². The van der Waals surface area contributed by atoms with Gasteiger partial charge in [0.25, 0.3) is 5.91 Å². The van der Waals surface area contributed by atoms with Gasteiger partial charge in [-0.1, -0.05) is 0 Å². The number of ether oxygens (including phenoxy) is 1. The molecule has 1 aliphatic rings. The third-order valence-electron chi connectivity index (χ3n) is 2.85. The lowest BCUT2D eigenvalue weighted by Gasteiger charge is -2.18. The number of carbonyl (C=O) groups excluding carboxylic acids is 3. The highest BCUT2D eigenvalue weighted by Gasteiger charge is 2.31. The van der Waals surface area contributed by atoms with Gasteiger partial charge in [0, 0.05) is 19.2 Å². The zero-order valence-electron chi connectivity index (χ0n) is 11.1. The fourth-order valence-corrected chi connectivity index (χ4v) is 1.85. The van der Waals surface area contributed by atoms with Crippen LogP contribution in [-0.2, 0) is 9.53 Å². The molecular formula is C13H12F2N2O4. The molecule has 1 fully saturated rings. The molecule has 0 bridgehead atoms. The number of benzene rings is 1. The molecule has 0 spiro atoms. The maximum atomic E-state index is 13.0. The number of nitrogens with one attached hydrogen (secondary N) is 1. The third-order valence-corrected chi connectivity index (χ3v) is 2.85. The predicted octanol–water partition coefficient (Wildman–Crippen LogP) is 1.06. The van der Waals surface area contributed by atoms with Crippen LogP contribution in [0.3, 0.4) is 0 Å². The third kappa shape index (κ3) is 3.33. The lowest BCUT2D eigenvalue weighted by atomic mass is 10.2. The van der Waals surface area contributed by atoms with Crippen LogP contribution < -0.4 is 5.32 Å². The molecule has 1 atom stereocenters. The van der Waals surface area contributed by atoms with Crippen LogP contribution in [0.2, 0.25) is 0 Å². The molecule has 0 saturated carbocycles. The first-order valence-corrected chi connectivity index (χ1v) is 6.15. The zero-order valence-corrected chi connectivity index (χ0v) is 11.1. The van der Waals surface area contributed by atoms with E-state index in [9.17, 15) is 23.2 Å². The number of halogens is 2. The molecular weight excluding hydrogens is 286 g/mol. The van der Waals surface area contributed by atoms with E-state index < -0.39 is 35.6 Å². The van der Waals surface area contributed by atoms with E-state index in [1.807, 2.05) is 0 Å². The highest BCUT2D eigenvalue weighted by atomic mass is 19.1. The Morgan fingerprint density at radius 3 is 2.43 bits per heavy atom. The highest BCUT2D eigenvalue weighted by molar-refractivity contribution is 5.99. The molecule has 1 aliphatic heterocycles. The van der Waals surface area contributed by atoms with Gasteiger partial charge in [0.1, 0.15) is 11.6 Å². The van der Waals surface area contributed by atoms with Crippen LogP contribution in [-0.4, -0.2) is 42.0 Å². The predicted molar refractivity (Wildman–Crippen MR) is 66.3 cm³/mol. The lowest BCUT2D eigenvalue weighted by molar-refractivity contribution is -0.136. The number of imide groups is 1. The summed E-state index contributed by atoms with van der Waals surface area (Å²) in [6.07, 6.45) is -1.24. The van der Waals surface area contributed by atoms with Crippen molar-refractivity contribution in [3.8, 4) is 0 Å². The van der Waals surface area contributed by atoms with Gasteiger partial charge in [-0.05, 0) is 19.1 Å². The minimum atomic E-state index is -1.24. The van der Waals surface area contributed by atoms with Crippen molar-refractivity contribution in [1.82, 2.24) is 10.2 Å². The molecule has 0 radical (unpaired) electrons. The van der Waals surface area contributed by atoms with Crippen LogP contribution in [0.25, 0.3) is 0 Å². The van der Waals surface area contributed by atoms with Crippen LogP contribution in [0.1, 0.15) is 17.3 Å². The van der Waals surface area contributed by atoms with Crippen LogP contribution in [0, 0.1) is 11.6 Å². The number of carbonyl (C=O) groups is 3. The molecule has 112 valence electrons. The van der Waals surface area contributed by atoms with E-state index in [0.29, 0.717) is 12.6 Å². The molecule has 3 amide bonds. The van der Waals surface area contributed by atoms with E-state index in [2.05, 4.69) is 5.32 Å². The fraction of sp³-hybridized carbons (Fsp3) is 0.308. The number of amides is 3. The molecule has 1 saturated heterocycles. The minimum absolute atomic E-state index is 0.175. The molecule has 2 rings (SSSR count). The molecule has 8 heteroatoms. The Morgan fingerprint density at radius 1 is 1.29 bits per heavy atom. The molecule has 6 nitrogen and oxygen atoms in total. The van der Waals surface area contributed by atoms with Crippen LogP contribution in [0.4, 0.5) is 13.6 Å². The second-order valence-corrected chi connectivity index (χ2v) is 4.43. The monoisotopic (exact) mass is 298 g/mol. The smallest absolute Gasteiger partial charge is 0.339 e. The minimum Gasteiger partial charge on any atom is -0.449 e. The van der Waals surface area contributed by atoms with Crippen molar-refractivity contribution in [2.24, 2.45) is 0 Å². The van der Waals surface area contributed by atoms with Crippen molar-refractivity contribution in [2.75, 3.05) is 13.1 Å². The molecule has 1 heterocycles. The summed E-state index contributed by atoms with van der Waals surface area (Å²) < 4.78 is 30.8. The summed E-state index contributed by atoms with van der Waals surface area (Å²) in [5.74, 6) is -3.61. The van der Waals surface area contributed by atoms with Crippen molar-refractivity contribution in [1.29, 1.82) is 0 Å². The first-order chi connectivity index (χ1) is 9.88. The van der Waals surface area contributed by atoms with E-state index in [0.717, 1.165) is 17.0 Å². The number of esters is 1. The Balaban J connectivity index is 2.04. The maximum Gasteiger partial charge on any atom is 0.339 e. The largest absolute Gasteiger partial charge is 0.449 e. The molecule has 0 aromatic heterocycles. The topological polar surface area (TPSA) is 75.7 Å². The van der Waals surface area contributed by atoms with E-state index >= 15 is 0 Å².